The zero-order valence-corrected chi connectivity index (χ0v) is 16.9. The highest BCUT2D eigenvalue weighted by molar-refractivity contribution is 7.83. The van der Waals surface area contributed by atoms with Crippen molar-refractivity contribution in [1.29, 1.82) is 0 Å². The lowest BCUT2D eigenvalue weighted by atomic mass is 10.2. The van der Waals surface area contributed by atoms with Gasteiger partial charge in [-0.25, -0.2) is 4.68 Å². The minimum atomic E-state index is -1.10. The Bertz CT molecular complexity index is 1190. The summed E-state index contributed by atoms with van der Waals surface area (Å²) in [6.07, 6.45) is 0. The van der Waals surface area contributed by atoms with E-state index in [1.165, 1.54) is 16.8 Å². The van der Waals surface area contributed by atoms with Crippen LogP contribution in [0.15, 0.2) is 42.5 Å². The van der Waals surface area contributed by atoms with Crippen molar-refractivity contribution in [2.45, 2.75) is 11.5 Å². The SMILES string of the molecule is O=C(Nc1c2c(nn1-c1cccc(Cl)c1)C[S@@](=O)C2)c1ccc(Cl)c([N+](=O)[O-])c1. The number of nitrogens with one attached hydrogen (secondary N) is 1. The number of anilines is 1. The van der Waals surface area contributed by atoms with Crippen LogP contribution in [-0.2, 0) is 22.3 Å². The number of hydrogen-bond donors (Lipinski definition) is 1. The van der Waals surface area contributed by atoms with Crippen LogP contribution in [0.1, 0.15) is 21.6 Å². The second-order valence-electron chi connectivity index (χ2n) is 6.27. The molecule has 0 radical (unpaired) electrons. The molecule has 0 saturated carbocycles. The van der Waals surface area contributed by atoms with Crippen molar-refractivity contribution in [2.75, 3.05) is 5.32 Å². The molecule has 0 bridgehead atoms. The van der Waals surface area contributed by atoms with Gasteiger partial charge in [-0.05, 0) is 30.3 Å². The number of amides is 1. The van der Waals surface area contributed by atoms with Gasteiger partial charge < -0.3 is 5.32 Å². The highest BCUT2D eigenvalue weighted by Gasteiger charge is 2.29. The molecule has 1 amide bonds. The number of nitro groups is 1. The van der Waals surface area contributed by atoms with Gasteiger partial charge in [0.25, 0.3) is 11.6 Å². The van der Waals surface area contributed by atoms with Gasteiger partial charge in [-0.2, -0.15) is 5.10 Å². The fourth-order valence-electron chi connectivity index (χ4n) is 3.02. The molecule has 1 atom stereocenters. The second-order valence-corrected chi connectivity index (χ2v) is 8.57. The number of carbonyl (C=O) groups excluding carboxylic acids is 1. The predicted octanol–water partition coefficient (Wildman–Crippen LogP) is 4.10. The Balaban J connectivity index is 1.75. The quantitative estimate of drug-likeness (QED) is 0.475. The van der Waals surface area contributed by atoms with Crippen LogP contribution in [0.3, 0.4) is 0 Å². The van der Waals surface area contributed by atoms with Crippen molar-refractivity contribution in [3.63, 3.8) is 0 Å². The molecule has 1 N–H and O–H groups in total. The lowest BCUT2D eigenvalue weighted by Gasteiger charge is -2.11. The molecule has 0 aliphatic carbocycles. The van der Waals surface area contributed by atoms with E-state index >= 15 is 0 Å². The van der Waals surface area contributed by atoms with Crippen molar-refractivity contribution >= 4 is 51.4 Å². The van der Waals surface area contributed by atoms with E-state index in [1.807, 2.05) is 0 Å². The number of halogens is 2. The van der Waals surface area contributed by atoms with Crippen molar-refractivity contribution in [1.82, 2.24) is 9.78 Å². The van der Waals surface area contributed by atoms with Gasteiger partial charge in [0.1, 0.15) is 10.8 Å². The first kappa shape index (κ1) is 19.6. The van der Waals surface area contributed by atoms with Gasteiger partial charge in [0, 0.05) is 33.0 Å². The maximum atomic E-state index is 12.8. The monoisotopic (exact) mass is 450 g/mol. The van der Waals surface area contributed by atoms with Gasteiger partial charge in [0.15, 0.2) is 0 Å². The molecule has 0 spiro atoms. The van der Waals surface area contributed by atoms with E-state index in [9.17, 15) is 19.1 Å². The normalized spacial score (nSPS) is 15.2. The summed E-state index contributed by atoms with van der Waals surface area (Å²) in [5.41, 5.74) is 1.61. The molecular formula is C18H12Cl2N4O4S. The number of benzene rings is 2. The van der Waals surface area contributed by atoms with Crippen molar-refractivity contribution in [3.8, 4) is 5.69 Å². The Morgan fingerprint density at radius 1 is 1.21 bits per heavy atom. The third-order valence-electron chi connectivity index (χ3n) is 4.36. The van der Waals surface area contributed by atoms with Crippen LogP contribution in [0.2, 0.25) is 10.0 Å². The van der Waals surface area contributed by atoms with E-state index in [-0.39, 0.29) is 27.8 Å². The second kappa shape index (κ2) is 7.58. The Labute approximate surface area is 177 Å². The average molecular weight is 451 g/mol. The van der Waals surface area contributed by atoms with Crippen LogP contribution < -0.4 is 5.32 Å². The van der Waals surface area contributed by atoms with Gasteiger partial charge in [-0.1, -0.05) is 29.3 Å². The van der Waals surface area contributed by atoms with E-state index in [4.69, 9.17) is 23.2 Å². The first-order valence-electron chi connectivity index (χ1n) is 8.30. The molecule has 0 saturated heterocycles. The summed E-state index contributed by atoms with van der Waals surface area (Å²) in [6.45, 7) is 0. The highest BCUT2D eigenvalue weighted by Crippen LogP contribution is 2.32. The number of hydrogen-bond acceptors (Lipinski definition) is 5. The van der Waals surface area contributed by atoms with E-state index in [0.29, 0.717) is 27.8 Å². The summed E-state index contributed by atoms with van der Waals surface area (Å²) in [5.74, 6) is 0.328. The number of carbonyl (C=O) groups is 1. The minimum Gasteiger partial charge on any atom is -0.306 e. The van der Waals surface area contributed by atoms with Gasteiger partial charge >= 0.3 is 0 Å². The molecular weight excluding hydrogens is 439 g/mol. The lowest BCUT2D eigenvalue weighted by Crippen LogP contribution is -2.16. The molecule has 1 aliphatic heterocycles. The molecule has 1 aromatic heterocycles. The van der Waals surface area contributed by atoms with E-state index in [1.54, 1.807) is 24.3 Å². The highest BCUT2D eigenvalue weighted by atomic mass is 35.5. The lowest BCUT2D eigenvalue weighted by molar-refractivity contribution is -0.384. The van der Waals surface area contributed by atoms with Crippen LogP contribution in [0.5, 0.6) is 0 Å². The van der Waals surface area contributed by atoms with Crippen molar-refractivity contribution < 1.29 is 13.9 Å². The minimum absolute atomic E-state index is 0.0628. The smallest absolute Gasteiger partial charge is 0.288 e. The average Bonchev–Trinajstić information content (AvgIpc) is 3.19. The molecule has 11 heteroatoms. The first-order chi connectivity index (χ1) is 13.8. The van der Waals surface area contributed by atoms with Gasteiger partial charge in [-0.3, -0.25) is 19.1 Å². The van der Waals surface area contributed by atoms with E-state index in [2.05, 4.69) is 10.4 Å². The summed E-state index contributed by atoms with van der Waals surface area (Å²) >= 11 is 11.9. The largest absolute Gasteiger partial charge is 0.306 e. The maximum Gasteiger partial charge on any atom is 0.288 e. The molecule has 0 unspecified atom stereocenters. The predicted molar refractivity (Wildman–Crippen MR) is 110 cm³/mol. The van der Waals surface area contributed by atoms with Gasteiger partial charge in [0.05, 0.1) is 27.8 Å². The molecule has 2 heterocycles. The Kier molecular flexibility index (Phi) is 5.12. The number of nitro benzene ring substituents is 1. The Hall–Kier alpha value is -2.75. The maximum absolute atomic E-state index is 12.8. The van der Waals surface area contributed by atoms with Gasteiger partial charge in [-0.15, -0.1) is 0 Å². The molecule has 0 fully saturated rings. The molecule has 1 aliphatic rings. The fraction of sp³-hybridized carbons (Fsp3) is 0.111. The van der Waals surface area contributed by atoms with E-state index in [0.717, 1.165) is 6.07 Å². The number of aromatic nitrogens is 2. The van der Waals surface area contributed by atoms with Crippen molar-refractivity contribution in [3.05, 3.63) is 79.4 Å². The zero-order valence-electron chi connectivity index (χ0n) is 14.6. The fourth-order valence-corrected chi connectivity index (χ4v) is 4.66. The van der Waals surface area contributed by atoms with E-state index < -0.39 is 21.6 Å². The molecule has 4 rings (SSSR count). The molecule has 8 nitrogen and oxygen atoms in total. The third-order valence-corrected chi connectivity index (χ3v) is 6.12. The van der Waals surface area contributed by atoms with Crippen LogP contribution in [0.4, 0.5) is 11.5 Å². The van der Waals surface area contributed by atoms with Gasteiger partial charge in [0.2, 0.25) is 0 Å². The van der Waals surface area contributed by atoms with Crippen LogP contribution in [0, 0.1) is 10.1 Å². The van der Waals surface area contributed by atoms with Crippen LogP contribution >= 0.6 is 23.2 Å². The number of nitrogens with zero attached hydrogens (tertiary/aromatic N) is 3. The molecule has 2 aromatic carbocycles. The summed E-state index contributed by atoms with van der Waals surface area (Å²) < 4.78 is 13.5. The van der Waals surface area contributed by atoms with Crippen LogP contribution in [0.25, 0.3) is 5.69 Å². The first-order valence-corrected chi connectivity index (χ1v) is 10.5. The molecule has 3 aromatic rings. The number of fused-ring (bicyclic) bond motifs is 1. The van der Waals surface area contributed by atoms with Crippen molar-refractivity contribution in [2.24, 2.45) is 0 Å². The third kappa shape index (κ3) is 3.76. The standard InChI is InChI=1S/C18H12Cl2N4O4S/c19-11-2-1-3-12(7-11)23-17(13-8-29(28)9-15(13)22-23)21-18(25)10-4-5-14(20)16(6-10)24(26)27/h1-7H,8-9H2,(H,21,25)/t29-/m0/s1. The summed E-state index contributed by atoms with van der Waals surface area (Å²) in [5, 5.41) is 18.8. The number of rotatable bonds is 4. The Morgan fingerprint density at radius 3 is 2.72 bits per heavy atom. The summed E-state index contributed by atoms with van der Waals surface area (Å²) in [4.78, 5) is 23.3. The Morgan fingerprint density at radius 2 is 2.00 bits per heavy atom. The summed E-state index contributed by atoms with van der Waals surface area (Å²) in [7, 11) is -1.10. The summed E-state index contributed by atoms with van der Waals surface area (Å²) in [6, 6.07) is 10.7. The molecule has 29 heavy (non-hydrogen) atoms. The van der Waals surface area contributed by atoms with Crippen LogP contribution in [-0.4, -0.2) is 24.8 Å². The zero-order chi connectivity index (χ0) is 20.7. The topological polar surface area (TPSA) is 107 Å². The molecule has 148 valence electrons.